The van der Waals surface area contributed by atoms with Gasteiger partial charge in [-0.3, -0.25) is 0 Å². The van der Waals surface area contributed by atoms with Gasteiger partial charge in [-0.1, -0.05) is 41.4 Å². The Kier molecular flexibility index (Phi) is 8.12. The minimum absolute atomic E-state index is 0.351. The average molecular weight is 490 g/mol. The van der Waals surface area contributed by atoms with E-state index < -0.39 is 23.7 Å². The summed E-state index contributed by atoms with van der Waals surface area (Å²) in [5, 5.41) is 18.8. The minimum atomic E-state index is -4.33. The van der Waals surface area contributed by atoms with Crippen LogP contribution >= 0.6 is 23.2 Å². The number of aliphatic carboxylic acids is 2. The second-order valence-corrected chi connectivity index (χ2v) is 7.13. The van der Waals surface area contributed by atoms with Gasteiger partial charge in [0.2, 0.25) is 5.95 Å². The quantitative estimate of drug-likeness (QED) is 0.436. The van der Waals surface area contributed by atoms with Gasteiger partial charge in [0.1, 0.15) is 0 Å². The lowest BCUT2D eigenvalue weighted by Gasteiger charge is -2.10. The van der Waals surface area contributed by atoms with Crippen LogP contribution in [0.25, 0.3) is 11.3 Å². The molecule has 0 aliphatic heterocycles. The van der Waals surface area contributed by atoms with E-state index in [1.54, 1.807) is 18.3 Å². The predicted octanol–water partition coefficient (Wildman–Crippen LogP) is 5.18. The molecule has 7 nitrogen and oxygen atoms in total. The zero-order valence-electron chi connectivity index (χ0n) is 16.3. The Hall–Kier alpha value is -3.24. The van der Waals surface area contributed by atoms with Gasteiger partial charge in [-0.15, -0.1) is 0 Å². The second kappa shape index (κ2) is 10.4. The Morgan fingerprint density at radius 1 is 1.03 bits per heavy atom. The summed E-state index contributed by atoms with van der Waals surface area (Å²) >= 11 is 12.0. The maximum absolute atomic E-state index is 12.6. The van der Waals surface area contributed by atoms with Gasteiger partial charge < -0.3 is 20.1 Å². The van der Waals surface area contributed by atoms with Crippen molar-refractivity contribution in [1.29, 1.82) is 0 Å². The van der Waals surface area contributed by atoms with E-state index in [0.29, 0.717) is 22.5 Å². The number of carboxylic acid groups (broad SMARTS) is 2. The van der Waals surface area contributed by atoms with Gasteiger partial charge in [0.25, 0.3) is 0 Å². The number of carboxylic acids is 2. The van der Waals surface area contributed by atoms with Crippen LogP contribution in [0, 0.1) is 0 Å². The number of rotatable bonds is 4. The molecule has 0 aliphatic carbocycles. The number of carbonyl (C=O) groups is 2. The molecule has 0 aliphatic rings. The summed E-state index contributed by atoms with van der Waals surface area (Å²) in [5.74, 6) is -3.06. The van der Waals surface area contributed by atoms with E-state index in [-0.39, 0.29) is 0 Å². The van der Waals surface area contributed by atoms with E-state index in [1.807, 2.05) is 17.7 Å². The van der Waals surface area contributed by atoms with Crippen LogP contribution in [0.1, 0.15) is 11.1 Å². The number of halogens is 5. The first-order valence-corrected chi connectivity index (χ1v) is 9.49. The van der Waals surface area contributed by atoms with Crippen molar-refractivity contribution < 1.29 is 33.0 Å². The fourth-order valence-electron chi connectivity index (χ4n) is 2.49. The number of hydrogen-bond acceptors (Lipinski definition) is 4. The molecule has 0 saturated heterocycles. The van der Waals surface area contributed by atoms with Crippen molar-refractivity contribution in [2.45, 2.75) is 12.7 Å². The van der Waals surface area contributed by atoms with Crippen molar-refractivity contribution in [2.75, 3.05) is 5.32 Å². The third kappa shape index (κ3) is 6.63. The molecular formula is C20H16Cl2F3N3O4. The first kappa shape index (κ1) is 25.0. The zero-order valence-corrected chi connectivity index (χ0v) is 17.8. The lowest BCUT2D eigenvalue weighted by Crippen LogP contribution is -2.09. The zero-order chi connectivity index (χ0) is 24.1. The smallest absolute Gasteiger partial charge is 0.416 e. The van der Waals surface area contributed by atoms with Crippen molar-refractivity contribution in [3.05, 3.63) is 69.8 Å². The molecule has 0 spiro atoms. The Morgan fingerprint density at radius 2 is 1.62 bits per heavy atom. The lowest BCUT2D eigenvalue weighted by molar-refractivity contribution is -0.159. The predicted molar refractivity (Wildman–Crippen MR) is 113 cm³/mol. The Labute approximate surface area is 190 Å². The number of aromatic nitrogens is 2. The molecular weight excluding hydrogens is 474 g/mol. The van der Waals surface area contributed by atoms with Crippen LogP contribution in [-0.2, 0) is 29.4 Å². The number of anilines is 1. The number of alkyl halides is 3. The molecule has 0 radical (unpaired) electrons. The minimum Gasteiger partial charge on any atom is -0.473 e. The molecule has 170 valence electrons. The van der Waals surface area contributed by atoms with E-state index >= 15 is 0 Å². The molecule has 0 unspecified atom stereocenters. The second-order valence-electron chi connectivity index (χ2n) is 6.31. The fraction of sp³-hybridized carbons (Fsp3) is 0.150. The largest absolute Gasteiger partial charge is 0.473 e. The van der Waals surface area contributed by atoms with Crippen molar-refractivity contribution in [1.82, 2.24) is 9.55 Å². The standard InChI is InChI=1S/C18H14Cl2F3N3.C2H2O4/c1-26-16(12-4-7-14(19)15(20)8-12)10-25-17(26)24-9-11-2-5-13(6-3-11)18(21,22)23;3-1(4)2(5)6/h2-8,10H,9H2,1H3,(H,24,25);(H,3,4)(H,5,6). The first-order valence-electron chi connectivity index (χ1n) is 8.73. The van der Waals surface area contributed by atoms with Crippen LogP contribution in [0.4, 0.5) is 19.1 Å². The number of benzene rings is 2. The van der Waals surface area contributed by atoms with Gasteiger partial charge >= 0.3 is 18.1 Å². The van der Waals surface area contributed by atoms with Crippen LogP contribution in [0.15, 0.2) is 48.7 Å². The van der Waals surface area contributed by atoms with Gasteiger partial charge in [0, 0.05) is 19.2 Å². The van der Waals surface area contributed by atoms with Crippen LogP contribution in [0.5, 0.6) is 0 Å². The molecule has 1 aromatic heterocycles. The van der Waals surface area contributed by atoms with Gasteiger partial charge in [-0.05, 0) is 29.8 Å². The van der Waals surface area contributed by atoms with Crippen molar-refractivity contribution >= 4 is 41.1 Å². The lowest BCUT2D eigenvalue weighted by atomic mass is 10.1. The molecule has 0 fully saturated rings. The summed E-state index contributed by atoms with van der Waals surface area (Å²) in [5.41, 5.74) is 1.74. The van der Waals surface area contributed by atoms with Crippen LogP contribution in [0.2, 0.25) is 10.0 Å². The van der Waals surface area contributed by atoms with Gasteiger partial charge in [0.15, 0.2) is 0 Å². The molecule has 0 saturated carbocycles. The molecule has 12 heteroatoms. The third-order valence-corrected chi connectivity index (χ3v) is 4.86. The molecule has 0 atom stereocenters. The van der Waals surface area contributed by atoms with Crippen molar-refractivity contribution in [3.63, 3.8) is 0 Å². The number of nitrogens with zero attached hydrogens (tertiary/aromatic N) is 2. The normalized spacial score (nSPS) is 10.8. The summed E-state index contributed by atoms with van der Waals surface area (Å²) in [6.07, 6.45) is -2.64. The summed E-state index contributed by atoms with van der Waals surface area (Å²) in [4.78, 5) is 22.5. The number of imidazole rings is 1. The molecule has 32 heavy (non-hydrogen) atoms. The molecule has 3 aromatic rings. The molecule has 0 bridgehead atoms. The van der Waals surface area contributed by atoms with E-state index in [4.69, 9.17) is 43.0 Å². The van der Waals surface area contributed by atoms with Gasteiger partial charge in [-0.2, -0.15) is 13.2 Å². The van der Waals surface area contributed by atoms with E-state index in [2.05, 4.69) is 10.3 Å². The van der Waals surface area contributed by atoms with E-state index in [1.165, 1.54) is 12.1 Å². The van der Waals surface area contributed by atoms with Crippen molar-refractivity contribution in [2.24, 2.45) is 7.05 Å². The van der Waals surface area contributed by atoms with Crippen molar-refractivity contribution in [3.8, 4) is 11.3 Å². The van der Waals surface area contributed by atoms with Gasteiger partial charge in [-0.25, -0.2) is 14.6 Å². The maximum atomic E-state index is 12.6. The molecule has 1 heterocycles. The maximum Gasteiger partial charge on any atom is 0.416 e. The highest BCUT2D eigenvalue weighted by molar-refractivity contribution is 6.42. The highest BCUT2D eigenvalue weighted by atomic mass is 35.5. The Balaban J connectivity index is 0.000000534. The van der Waals surface area contributed by atoms with E-state index in [9.17, 15) is 13.2 Å². The molecule has 3 rings (SSSR count). The third-order valence-electron chi connectivity index (χ3n) is 4.12. The van der Waals surface area contributed by atoms with E-state index in [0.717, 1.165) is 29.0 Å². The highest BCUT2D eigenvalue weighted by Crippen LogP contribution is 2.30. The molecule has 2 aromatic carbocycles. The number of hydrogen-bond donors (Lipinski definition) is 3. The van der Waals surface area contributed by atoms with Crippen LogP contribution in [0.3, 0.4) is 0 Å². The SMILES string of the molecule is Cn1c(-c2ccc(Cl)c(Cl)c2)cnc1NCc1ccc(C(F)(F)F)cc1.O=C(O)C(=O)O. The Bertz CT molecular complexity index is 1100. The van der Waals surface area contributed by atoms with Crippen LogP contribution in [-0.4, -0.2) is 31.7 Å². The molecule has 0 amide bonds. The monoisotopic (exact) mass is 489 g/mol. The first-order chi connectivity index (χ1) is 14.9. The van der Waals surface area contributed by atoms with Crippen LogP contribution < -0.4 is 5.32 Å². The summed E-state index contributed by atoms with van der Waals surface area (Å²) < 4.78 is 39.6. The highest BCUT2D eigenvalue weighted by Gasteiger charge is 2.29. The average Bonchev–Trinajstić information content (AvgIpc) is 3.09. The Morgan fingerprint density at radius 3 is 2.12 bits per heavy atom. The summed E-state index contributed by atoms with van der Waals surface area (Å²) in [7, 11) is 1.83. The topological polar surface area (TPSA) is 104 Å². The van der Waals surface area contributed by atoms with Gasteiger partial charge in [0.05, 0.1) is 27.5 Å². The fourth-order valence-corrected chi connectivity index (χ4v) is 2.79. The number of nitrogens with one attached hydrogen (secondary N) is 1. The summed E-state index contributed by atoms with van der Waals surface area (Å²) in [6, 6.07) is 10.3. The molecule has 3 N–H and O–H groups in total. The summed E-state index contributed by atoms with van der Waals surface area (Å²) in [6.45, 7) is 0.351.